The van der Waals surface area contributed by atoms with Gasteiger partial charge in [-0.15, -0.1) is 6.58 Å². The second-order valence-electron chi connectivity index (χ2n) is 0.408. The fraction of sp³-hybridized carbons (Fsp3) is 0.333. The average molecular weight is 303 g/mol. The molecule has 0 aliphatic rings. The number of hydrogen-bond donors (Lipinski definition) is 0. The minimum atomic E-state index is 0. The summed E-state index contributed by atoms with van der Waals surface area (Å²) in [6.07, 6.45) is 1.75. The Bertz CT molecular complexity index is 14.4. The molecule has 5 heavy (non-hydrogen) atoms. The number of allylic oxidation sites excluding steroid dienone is 1. The zero-order valence-corrected chi connectivity index (χ0v) is 6.00. The summed E-state index contributed by atoms with van der Waals surface area (Å²) >= 11 is 0. The van der Waals surface area contributed by atoms with Gasteiger partial charge in [-0.05, 0) is 6.92 Å². The summed E-state index contributed by atoms with van der Waals surface area (Å²) in [6.45, 7) is 5.25. The van der Waals surface area contributed by atoms with Crippen molar-refractivity contribution in [2.24, 2.45) is 0 Å². The summed E-state index contributed by atoms with van der Waals surface area (Å²) in [7, 11) is 0. The SMILES string of the molecule is C=CC.[Au].[Cu]. The van der Waals surface area contributed by atoms with Crippen molar-refractivity contribution in [3.05, 3.63) is 12.7 Å². The van der Waals surface area contributed by atoms with E-state index in [1.54, 1.807) is 6.08 Å². The smallest absolute Gasteiger partial charge is 0 e. The van der Waals surface area contributed by atoms with Crippen LogP contribution < -0.4 is 0 Å². The van der Waals surface area contributed by atoms with Crippen molar-refractivity contribution < 1.29 is 39.4 Å². The molecule has 0 aromatic heterocycles. The summed E-state index contributed by atoms with van der Waals surface area (Å²) < 4.78 is 0. The summed E-state index contributed by atoms with van der Waals surface area (Å²) in [6, 6.07) is 0. The maximum atomic E-state index is 3.36. The molecule has 0 aliphatic carbocycles. The van der Waals surface area contributed by atoms with Gasteiger partial charge in [0.15, 0.2) is 0 Å². The van der Waals surface area contributed by atoms with Crippen molar-refractivity contribution >= 4 is 0 Å². The van der Waals surface area contributed by atoms with Gasteiger partial charge in [0.25, 0.3) is 0 Å². The minimum Gasteiger partial charge on any atom is -0.103 e. The minimum absolute atomic E-state index is 0. The van der Waals surface area contributed by atoms with Crippen LogP contribution in [0.3, 0.4) is 0 Å². The Morgan fingerprint density at radius 1 is 1.60 bits per heavy atom. The van der Waals surface area contributed by atoms with Crippen LogP contribution >= 0.6 is 0 Å². The van der Waals surface area contributed by atoms with E-state index in [2.05, 4.69) is 6.58 Å². The monoisotopic (exact) mass is 302 g/mol. The summed E-state index contributed by atoms with van der Waals surface area (Å²) in [5.74, 6) is 0. The van der Waals surface area contributed by atoms with Gasteiger partial charge >= 0.3 is 0 Å². The third-order valence-corrected chi connectivity index (χ3v) is 0. The Hall–Kier alpha value is 1.000. The van der Waals surface area contributed by atoms with E-state index in [0.717, 1.165) is 0 Å². The molecule has 0 heterocycles. The van der Waals surface area contributed by atoms with E-state index in [1.807, 2.05) is 6.92 Å². The first-order valence-electron chi connectivity index (χ1n) is 0.986. The van der Waals surface area contributed by atoms with Crippen molar-refractivity contribution in [1.82, 2.24) is 0 Å². The third kappa shape index (κ3) is 45.0. The first-order chi connectivity index (χ1) is 1.41. The van der Waals surface area contributed by atoms with Gasteiger partial charge in [-0.3, -0.25) is 0 Å². The van der Waals surface area contributed by atoms with Gasteiger partial charge in [0.2, 0.25) is 0 Å². The van der Waals surface area contributed by atoms with Crippen molar-refractivity contribution in [2.45, 2.75) is 6.92 Å². The van der Waals surface area contributed by atoms with E-state index in [0.29, 0.717) is 0 Å². The molecule has 0 saturated carbocycles. The van der Waals surface area contributed by atoms with Crippen LogP contribution in [-0.4, -0.2) is 0 Å². The standard InChI is InChI=1S/C3H6.Au.Cu/c1-3-2;;/h3H,1H2,2H3;;. The van der Waals surface area contributed by atoms with Crippen molar-refractivity contribution in [2.75, 3.05) is 0 Å². The molecule has 0 N–H and O–H groups in total. The van der Waals surface area contributed by atoms with Crippen molar-refractivity contribution in [1.29, 1.82) is 0 Å². The molecule has 0 atom stereocenters. The molecular formula is C3H6AuCu. The van der Waals surface area contributed by atoms with Crippen LogP contribution in [0.4, 0.5) is 0 Å². The van der Waals surface area contributed by atoms with E-state index in [9.17, 15) is 0 Å². The second kappa shape index (κ2) is 20.0. The molecule has 40 valence electrons. The molecule has 0 aromatic rings. The second-order valence-corrected chi connectivity index (χ2v) is 0.408. The Kier molecular flexibility index (Phi) is 66.7. The summed E-state index contributed by atoms with van der Waals surface area (Å²) in [5.41, 5.74) is 0. The molecular weight excluding hydrogens is 297 g/mol. The molecule has 2 heteroatoms. The van der Waals surface area contributed by atoms with Crippen LogP contribution in [0.25, 0.3) is 0 Å². The van der Waals surface area contributed by atoms with E-state index < -0.39 is 0 Å². The molecule has 0 nitrogen and oxygen atoms in total. The van der Waals surface area contributed by atoms with Gasteiger partial charge in [-0.25, -0.2) is 0 Å². The van der Waals surface area contributed by atoms with Gasteiger partial charge < -0.3 is 0 Å². The van der Waals surface area contributed by atoms with Gasteiger partial charge in [-0.2, -0.15) is 0 Å². The van der Waals surface area contributed by atoms with Crippen LogP contribution in [0.1, 0.15) is 6.92 Å². The number of hydrogen-bond acceptors (Lipinski definition) is 0. The zero-order chi connectivity index (χ0) is 2.71. The molecule has 0 aliphatic heterocycles. The molecule has 2 radical (unpaired) electrons. The Labute approximate surface area is 59.0 Å². The van der Waals surface area contributed by atoms with Crippen molar-refractivity contribution in [3.8, 4) is 0 Å². The largest absolute Gasteiger partial charge is 0.103 e. The molecule has 0 rings (SSSR count). The third-order valence-electron chi connectivity index (χ3n) is 0. The Morgan fingerprint density at radius 2 is 1.60 bits per heavy atom. The van der Waals surface area contributed by atoms with E-state index in [-0.39, 0.29) is 39.4 Å². The molecule has 0 amide bonds. The van der Waals surface area contributed by atoms with Crippen LogP contribution in [0.15, 0.2) is 12.7 Å². The van der Waals surface area contributed by atoms with Gasteiger partial charge in [0.05, 0.1) is 0 Å². The quantitative estimate of drug-likeness (QED) is 0.466. The van der Waals surface area contributed by atoms with Crippen LogP contribution in [0.2, 0.25) is 0 Å². The first-order valence-corrected chi connectivity index (χ1v) is 0.986. The van der Waals surface area contributed by atoms with E-state index in [4.69, 9.17) is 0 Å². The molecule has 0 aromatic carbocycles. The van der Waals surface area contributed by atoms with E-state index in [1.165, 1.54) is 0 Å². The fourth-order valence-electron chi connectivity index (χ4n) is 0. The first kappa shape index (κ1) is 16.7. The maximum absolute atomic E-state index is 3.36. The molecule has 0 saturated heterocycles. The summed E-state index contributed by atoms with van der Waals surface area (Å²) in [4.78, 5) is 0. The van der Waals surface area contributed by atoms with Gasteiger partial charge in [0, 0.05) is 39.4 Å². The van der Waals surface area contributed by atoms with Gasteiger partial charge in [-0.1, -0.05) is 6.08 Å². The van der Waals surface area contributed by atoms with Crippen LogP contribution in [0.5, 0.6) is 0 Å². The predicted molar refractivity (Wildman–Crippen MR) is 15.9 cm³/mol. The Morgan fingerprint density at radius 3 is 1.60 bits per heavy atom. The molecule has 0 bridgehead atoms. The van der Waals surface area contributed by atoms with E-state index >= 15 is 0 Å². The normalized spacial score (nSPS) is 2.60. The average Bonchev–Trinajstić information content (AvgIpc) is 0.918. The van der Waals surface area contributed by atoms with Crippen LogP contribution in [0, 0.1) is 0 Å². The molecule has 0 fully saturated rings. The number of rotatable bonds is 0. The topological polar surface area (TPSA) is 0 Å². The zero-order valence-electron chi connectivity index (χ0n) is 2.89. The maximum Gasteiger partial charge on any atom is 0 e. The Balaban J connectivity index is -0.0000000200. The predicted octanol–water partition coefficient (Wildman–Crippen LogP) is 1.19. The fourth-order valence-corrected chi connectivity index (χ4v) is 0. The van der Waals surface area contributed by atoms with Gasteiger partial charge in [0.1, 0.15) is 0 Å². The van der Waals surface area contributed by atoms with Crippen LogP contribution in [-0.2, 0) is 39.4 Å². The summed E-state index contributed by atoms with van der Waals surface area (Å²) in [5, 5.41) is 0. The van der Waals surface area contributed by atoms with Crippen molar-refractivity contribution in [3.63, 3.8) is 0 Å². The molecule has 0 unspecified atom stereocenters. The molecule has 0 spiro atoms.